The average molecular weight is 255 g/mol. The van der Waals surface area contributed by atoms with Crippen molar-refractivity contribution in [1.29, 1.82) is 0 Å². The van der Waals surface area contributed by atoms with Crippen molar-refractivity contribution < 1.29 is 8.78 Å². The highest BCUT2D eigenvalue weighted by Crippen LogP contribution is 2.28. The van der Waals surface area contributed by atoms with Crippen LogP contribution in [-0.4, -0.2) is 12.6 Å². The van der Waals surface area contributed by atoms with Crippen molar-refractivity contribution in [2.75, 3.05) is 6.54 Å². The molecular weight excluding hydrogens is 232 g/mol. The van der Waals surface area contributed by atoms with Crippen LogP contribution in [0.15, 0.2) is 18.2 Å². The summed E-state index contributed by atoms with van der Waals surface area (Å²) in [6, 6.07) is 4.11. The largest absolute Gasteiger partial charge is 0.313 e. The molecule has 0 spiro atoms. The van der Waals surface area contributed by atoms with Crippen LogP contribution in [0.2, 0.25) is 0 Å². The second-order valence-electron chi connectivity index (χ2n) is 5.36. The number of benzene rings is 1. The molecule has 0 radical (unpaired) electrons. The molecule has 1 aromatic rings. The third kappa shape index (κ3) is 3.52. The molecule has 0 amide bonds. The summed E-state index contributed by atoms with van der Waals surface area (Å²) in [5.74, 6) is -0.908. The van der Waals surface area contributed by atoms with Crippen LogP contribution >= 0.6 is 0 Å². The SMILES string of the molecule is CCNC(Cc1c(F)cccc1F)C(C)(C)CC. The van der Waals surface area contributed by atoms with Crippen molar-refractivity contribution in [3.05, 3.63) is 35.4 Å². The second kappa shape index (κ2) is 6.28. The highest BCUT2D eigenvalue weighted by molar-refractivity contribution is 5.21. The molecule has 102 valence electrons. The summed E-state index contributed by atoms with van der Waals surface area (Å²) in [5.41, 5.74) is 0.190. The first-order valence-corrected chi connectivity index (χ1v) is 6.58. The minimum absolute atomic E-state index is 0.00469. The van der Waals surface area contributed by atoms with Crippen molar-refractivity contribution in [2.45, 2.75) is 46.6 Å². The van der Waals surface area contributed by atoms with Gasteiger partial charge in [0.2, 0.25) is 0 Å². The van der Waals surface area contributed by atoms with Crippen molar-refractivity contribution in [1.82, 2.24) is 5.32 Å². The first-order chi connectivity index (χ1) is 8.42. The van der Waals surface area contributed by atoms with E-state index in [1.807, 2.05) is 6.92 Å². The van der Waals surface area contributed by atoms with Crippen LogP contribution in [0.1, 0.15) is 39.7 Å². The molecule has 18 heavy (non-hydrogen) atoms. The summed E-state index contributed by atoms with van der Waals surface area (Å²) < 4.78 is 27.4. The Morgan fingerprint density at radius 1 is 1.17 bits per heavy atom. The standard InChI is InChI=1S/C15H23F2N/c1-5-15(3,4)14(18-6-2)10-11-12(16)8-7-9-13(11)17/h7-9,14,18H,5-6,10H2,1-4H3. The van der Waals surface area contributed by atoms with Gasteiger partial charge in [0.1, 0.15) is 11.6 Å². The molecule has 0 fully saturated rings. The number of rotatable bonds is 6. The molecule has 0 bridgehead atoms. The number of halogens is 2. The number of nitrogens with one attached hydrogen (secondary N) is 1. The third-order valence-electron chi connectivity index (χ3n) is 3.78. The highest BCUT2D eigenvalue weighted by atomic mass is 19.1. The summed E-state index contributed by atoms with van der Waals surface area (Å²) >= 11 is 0. The van der Waals surface area contributed by atoms with E-state index in [4.69, 9.17) is 0 Å². The summed E-state index contributed by atoms with van der Waals surface area (Å²) in [4.78, 5) is 0. The maximum atomic E-state index is 13.7. The van der Waals surface area contributed by atoms with Gasteiger partial charge in [0.05, 0.1) is 0 Å². The number of likely N-dealkylation sites (N-methyl/N-ethyl adjacent to an activating group) is 1. The fourth-order valence-corrected chi connectivity index (χ4v) is 2.05. The van der Waals surface area contributed by atoms with Gasteiger partial charge in [0.25, 0.3) is 0 Å². The van der Waals surface area contributed by atoms with Gasteiger partial charge in [0, 0.05) is 11.6 Å². The smallest absolute Gasteiger partial charge is 0.129 e. The zero-order valence-electron chi connectivity index (χ0n) is 11.7. The quantitative estimate of drug-likeness (QED) is 0.812. The normalized spacial score (nSPS) is 13.7. The molecule has 3 heteroatoms. The second-order valence-corrected chi connectivity index (χ2v) is 5.36. The minimum atomic E-state index is -0.454. The van der Waals surface area contributed by atoms with Gasteiger partial charge in [-0.05, 0) is 36.9 Å². The van der Waals surface area contributed by atoms with E-state index < -0.39 is 11.6 Å². The average Bonchev–Trinajstić information content (AvgIpc) is 2.32. The Hall–Kier alpha value is -0.960. The lowest BCUT2D eigenvalue weighted by atomic mass is 9.78. The van der Waals surface area contributed by atoms with E-state index in [0.717, 1.165) is 13.0 Å². The Morgan fingerprint density at radius 2 is 1.72 bits per heavy atom. The monoisotopic (exact) mass is 255 g/mol. The maximum absolute atomic E-state index is 13.7. The Balaban J connectivity index is 2.97. The molecule has 0 aliphatic carbocycles. The van der Waals surface area contributed by atoms with E-state index in [2.05, 4.69) is 26.1 Å². The topological polar surface area (TPSA) is 12.0 Å². The number of hydrogen-bond acceptors (Lipinski definition) is 1. The van der Waals surface area contributed by atoms with Gasteiger partial charge in [-0.15, -0.1) is 0 Å². The number of hydrogen-bond donors (Lipinski definition) is 1. The highest BCUT2D eigenvalue weighted by Gasteiger charge is 2.28. The summed E-state index contributed by atoms with van der Waals surface area (Å²) in [7, 11) is 0. The van der Waals surface area contributed by atoms with Crippen molar-refractivity contribution >= 4 is 0 Å². The molecule has 0 aliphatic rings. The Kier molecular flexibility index (Phi) is 5.27. The summed E-state index contributed by atoms with van der Waals surface area (Å²) in [5, 5.41) is 3.34. The fourth-order valence-electron chi connectivity index (χ4n) is 2.05. The van der Waals surface area contributed by atoms with Gasteiger partial charge in [-0.2, -0.15) is 0 Å². The van der Waals surface area contributed by atoms with Crippen LogP contribution in [0.3, 0.4) is 0 Å². The molecule has 1 unspecified atom stereocenters. The van der Waals surface area contributed by atoms with E-state index >= 15 is 0 Å². The molecule has 1 atom stereocenters. The van der Waals surface area contributed by atoms with Gasteiger partial charge in [-0.1, -0.05) is 33.8 Å². The molecule has 0 aromatic heterocycles. The Morgan fingerprint density at radius 3 is 2.17 bits per heavy atom. The zero-order chi connectivity index (χ0) is 13.8. The van der Waals surface area contributed by atoms with Gasteiger partial charge < -0.3 is 5.32 Å². The van der Waals surface area contributed by atoms with E-state index in [1.165, 1.54) is 18.2 Å². The lowest BCUT2D eigenvalue weighted by Gasteiger charge is -2.34. The van der Waals surface area contributed by atoms with Crippen LogP contribution in [-0.2, 0) is 6.42 Å². The first kappa shape index (κ1) is 15.1. The van der Waals surface area contributed by atoms with Crippen LogP contribution < -0.4 is 5.32 Å². The predicted octanol–water partition coefficient (Wildman–Crippen LogP) is 3.92. The van der Waals surface area contributed by atoms with E-state index in [9.17, 15) is 8.78 Å². The lowest BCUT2D eigenvalue weighted by Crippen LogP contribution is -2.43. The third-order valence-corrected chi connectivity index (χ3v) is 3.78. The molecule has 1 nitrogen and oxygen atoms in total. The molecule has 1 rings (SSSR count). The van der Waals surface area contributed by atoms with Crippen molar-refractivity contribution in [2.24, 2.45) is 5.41 Å². The van der Waals surface area contributed by atoms with Crippen LogP contribution in [0, 0.1) is 17.0 Å². The molecule has 0 aliphatic heterocycles. The molecule has 0 heterocycles. The first-order valence-electron chi connectivity index (χ1n) is 6.58. The molecule has 1 aromatic carbocycles. The minimum Gasteiger partial charge on any atom is -0.313 e. The van der Waals surface area contributed by atoms with Crippen LogP contribution in [0.25, 0.3) is 0 Å². The van der Waals surface area contributed by atoms with E-state index in [1.54, 1.807) is 0 Å². The lowest BCUT2D eigenvalue weighted by molar-refractivity contribution is 0.230. The van der Waals surface area contributed by atoms with Crippen molar-refractivity contribution in [3.63, 3.8) is 0 Å². The Labute approximate surface area is 109 Å². The van der Waals surface area contributed by atoms with Crippen LogP contribution in [0.4, 0.5) is 8.78 Å². The van der Waals surface area contributed by atoms with Crippen molar-refractivity contribution in [3.8, 4) is 0 Å². The van der Waals surface area contributed by atoms with E-state index in [-0.39, 0.29) is 17.0 Å². The fraction of sp³-hybridized carbons (Fsp3) is 0.600. The van der Waals surface area contributed by atoms with Crippen LogP contribution in [0.5, 0.6) is 0 Å². The van der Waals surface area contributed by atoms with Gasteiger partial charge in [-0.25, -0.2) is 8.78 Å². The maximum Gasteiger partial charge on any atom is 0.129 e. The summed E-state index contributed by atoms with van der Waals surface area (Å²) in [6.45, 7) is 9.15. The summed E-state index contributed by atoms with van der Waals surface area (Å²) in [6.07, 6.45) is 1.34. The molecule has 0 saturated heterocycles. The van der Waals surface area contributed by atoms with Gasteiger partial charge in [-0.3, -0.25) is 0 Å². The zero-order valence-corrected chi connectivity index (χ0v) is 11.7. The van der Waals surface area contributed by atoms with E-state index in [0.29, 0.717) is 6.42 Å². The Bertz CT molecular complexity index is 368. The predicted molar refractivity (Wildman–Crippen MR) is 71.6 cm³/mol. The molecule has 1 N–H and O–H groups in total. The van der Waals surface area contributed by atoms with Gasteiger partial charge >= 0.3 is 0 Å². The molecular formula is C15H23F2N. The molecule has 0 saturated carbocycles. The van der Waals surface area contributed by atoms with Gasteiger partial charge in [0.15, 0.2) is 0 Å².